The molecule has 0 aromatic heterocycles. The minimum absolute atomic E-state index is 0.0185. The Kier molecular flexibility index (Phi) is 4.54. The fraction of sp³-hybridized carbons (Fsp3) is 0.950. The summed E-state index contributed by atoms with van der Waals surface area (Å²) in [6.07, 6.45) is 5.86. The van der Waals surface area contributed by atoms with E-state index in [0.717, 1.165) is 32.1 Å². The van der Waals surface area contributed by atoms with Gasteiger partial charge in [0.25, 0.3) is 0 Å². The third-order valence-electron chi connectivity index (χ3n) is 8.14. The quantitative estimate of drug-likeness (QED) is 0.608. The predicted octanol–water partition coefficient (Wildman–Crippen LogP) is 2.57. The first-order valence-electron chi connectivity index (χ1n) is 9.74. The van der Waals surface area contributed by atoms with Crippen LogP contribution in [0.5, 0.6) is 0 Å². The number of rotatable bonds is 5. The van der Waals surface area contributed by atoms with E-state index in [1.54, 1.807) is 0 Å². The summed E-state index contributed by atoms with van der Waals surface area (Å²) < 4.78 is 0. The lowest BCUT2D eigenvalue weighted by atomic mass is 9.45. The van der Waals surface area contributed by atoms with Crippen LogP contribution in [0.3, 0.4) is 0 Å². The number of fused-ring (bicyclic) bond motifs is 1. The zero-order chi connectivity index (χ0) is 18.7. The van der Waals surface area contributed by atoms with E-state index in [1.165, 1.54) is 0 Å². The molecular weight excluding hydrogens is 320 g/mol. The van der Waals surface area contributed by atoms with Gasteiger partial charge in [-0.25, -0.2) is 0 Å². The minimum Gasteiger partial charge on any atom is -0.481 e. The Morgan fingerprint density at radius 1 is 1.24 bits per heavy atom. The number of carbonyl (C=O) groups is 1. The van der Waals surface area contributed by atoms with E-state index in [4.69, 9.17) is 0 Å². The minimum atomic E-state index is -0.982. The summed E-state index contributed by atoms with van der Waals surface area (Å²) in [6, 6.07) is 0. The van der Waals surface area contributed by atoms with Crippen LogP contribution in [0.2, 0.25) is 0 Å². The number of carboxylic acid groups (broad SMARTS) is 1. The van der Waals surface area contributed by atoms with Crippen molar-refractivity contribution in [1.29, 1.82) is 0 Å². The van der Waals surface area contributed by atoms with Gasteiger partial charge in [0.2, 0.25) is 0 Å². The van der Waals surface area contributed by atoms with Crippen LogP contribution in [0.25, 0.3) is 0 Å². The molecule has 25 heavy (non-hydrogen) atoms. The molecule has 3 fully saturated rings. The second kappa shape index (κ2) is 5.93. The molecule has 0 aromatic rings. The largest absolute Gasteiger partial charge is 0.481 e. The number of aliphatic hydroxyl groups is 3. The van der Waals surface area contributed by atoms with Crippen LogP contribution in [0.1, 0.15) is 72.1 Å². The molecule has 0 saturated heterocycles. The van der Waals surface area contributed by atoms with E-state index in [1.807, 2.05) is 13.8 Å². The van der Waals surface area contributed by atoms with E-state index in [-0.39, 0.29) is 35.7 Å². The van der Waals surface area contributed by atoms with Gasteiger partial charge < -0.3 is 20.4 Å². The molecule has 2 bridgehead atoms. The maximum absolute atomic E-state index is 11.3. The van der Waals surface area contributed by atoms with Gasteiger partial charge in [0.1, 0.15) is 0 Å². The van der Waals surface area contributed by atoms with Gasteiger partial charge in [-0.1, -0.05) is 6.92 Å². The molecule has 0 radical (unpaired) electrons. The Morgan fingerprint density at radius 3 is 2.48 bits per heavy atom. The molecule has 0 amide bonds. The van der Waals surface area contributed by atoms with E-state index < -0.39 is 17.2 Å². The maximum Gasteiger partial charge on any atom is 0.303 e. The van der Waals surface area contributed by atoms with Crippen LogP contribution in [-0.4, -0.2) is 44.2 Å². The van der Waals surface area contributed by atoms with Crippen LogP contribution in [-0.2, 0) is 4.79 Å². The summed E-state index contributed by atoms with van der Waals surface area (Å²) in [5.41, 5.74) is -2.11. The zero-order valence-corrected chi connectivity index (χ0v) is 15.8. The Hall–Kier alpha value is -0.650. The van der Waals surface area contributed by atoms with Gasteiger partial charge in [-0.3, -0.25) is 4.79 Å². The van der Waals surface area contributed by atoms with Crippen LogP contribution in [0.4, 0.5) is 0 Å². The normalized spacial score (nSPS) is 46.7. The van der Waals surface area contributed by atoms with Gasteiger partial charge in [-0.15, -0.1) is 0 Å². The lowest BCUT2D eigenvalue weighted by Crippen LogP contribution is -2.56. The van der Waals surface area contributed by atoms with Gasteiger partial charge in [-0.05, 0) is 87.4 Å². The van der Waals surface area contributed by atoms with Gasteiger partial charge in [0, 0.05) is 6.42 Å². The molecule has 0 heterocycles. The summed E-state index contributed by atoms with van der Waals surface area (Å²) >= 11 is 0. The lowest BCUT2D eigenvalue weighted by molar-refractivity contribution is -0.158. The topological polar surface area (TPSA) is 98.0 Å². The van der Waals surface area contributed by atoms with Crippen LogP contribution in [0.15, 0.2) is 0 Å². The van der Waals surface area contributed by atoms with Gasteiger partial charge in [0.15, 0.2) is 0 Å². The molecule has 3 saturated carbocycles. The number of hydrogen-bond acceptors (Lipinski definition) is 4. The van der Waals surface area contributed by atoms with Crippen molar-refractivity contribution in [3.8, 4) is 0 Å². The van der Waals surface area contributed by atoms with Crippen molar-refractivity contribution < 1.29 is 25.2 Å². The second-order valence-corrected chi connectivity index (χ2v) is 9.98. The second-order valence-electron chi connectivity index (χ2n) is 9.98. The lowest BCUT2D eigenvalue weighted by Gasteiger charge is -2.60. The highest BCUT2D eigenvalue weighted by atomic mass is 16.4. The molecule has 3 aliphatic carbocycles. The van der Waals surface area contributed by atoms with Gasteiger partial charge in [0.05, 0.1) is 17.8 Å². The van der Waals surface area contributed by atoms with Gasteiger partial charge in [-0.2, -0.15) is 0 Å². The standard InChI is InChI=1S/C20H34O5/c1-17(2,24)14-6-9-19-10-13(20(25,11-19)12-21)4-5-15(19)18(14,3)8-7-16(22)23/h13-15,21,24-25H,4-12H2,1-3H3,(H,22,23)/t13-,14+,15-,18+,19+,20+/m0/s1. The molecule has 1 spiro atoms. The van der Waals surface area contributed by atoms with E-state index in [9.17, 15) is 25.2 Å². The molecule has 5 heteroatoms. The summed E-state index contributed by atoms with van der Waals surface area (Å²) in [6.45, 7) is 5.67. The first kappa shape index (κ1) is 19.1. The monoisotopic (exact) mass is 354 g/mol. The first-order valence-corrected chi connectivity index (χ1v) is 9.74. The Balaban J connectivity index is 1.98. The van der Waals surface area contributed by atoms with Crippen molar-refractivity contribution in [3.63, 3.8) is 0 Å². The fourth-order valence-electron chi connectivity index (χ4n) is 7.29. The van der Waals surface area contributed by atoms with E-state index in [0.29, 0.717) is 18.8 Å². The number of aliphatic hydroxyl groups excluding tert-OH is 1. The van der Waals surface area contributed by atoms with Crippen LogP contribution < -0.4 is 0 Å². The number of hydrogen-bond donors (Lipinski definition) is 4. The molecule has 3 rings (SSSR count). The summed E-state index contributed by atoms with van der Waals surface area (Å²) in [4.78, 5) is 11.3. The Bertz CT molecular complexity index is 541. The van der Waals surface area contributed by atoms with Crippen molar-refractivity contribution in [2.24, 2.45) is 28.6 Å². The summed E-state index contributed by atoms with van der Waals surface area (Å²) in [5, 5.41) is 40.8. The predicted molar refractivity (Wildman–Crippen MR) is 93.9 cm³/mol. The van der Waals surface area contributed by atoms with Crippen molar-refractivity contribution in [3.05, 3.63) is 0 Å². The van der Waals surface area contributed by atoms with Crippen LogP contribution in [0, 0.1) is 28.6 Å². The van der Waals surface area contributed by atoms with Crippen molar-refractivity contribution in [2.45, 2.75) is 83.3 Å². The third kappa shape index (κ3) is 2.92. The smallest absolute Gasteiger partial charge is 0.303 e. The average molecular weight is 354 g/mol. The SMILES string of the molecule is CC(C)(O)[C@H]1CC[C@]23C[C@H](CC[C@H]2[C@]1(C)CCC(=O)O)[C@](O)(CO)C3. The first-order chi connectivity index (χ1) is 11.5. The molecule has 0 aromatic carbocycles. The van der Waals surface area contributed by atoms with Crippen LogP contribution >= 0.6 is 0 Å². The molecule has 6 atom stereocenters. The zero-order valence-electron chi connectivity index (χ0n) is 15.8. The summed E-state index contributed by atoms with van der Waals surface area (Å²) in [5.74, 6) is -0.297. The maximum atomic E-state index is 11.3. The van der Waals surface area contributed by atoms with E-state index in [2.05, 4.69) is 6.92 Å². The van der Waals surface area contributed by atoms with Crippen molar-refractivity contribution in [2.75, 3.05) is 6.61 Å². The molecule has 5 nitrogen and oxygen atoms in total. The molecule has 0 aliphatic heterocycles. The summed E-state index contributed by atoms with van der Waals surface area (Å²) in [7, 11) is 0. The molecule has 0 unspecified atom stereocenters. The number of carboxylic acids is 1. The molecular formula is C20H34O5. The van der Waals surface area contributed by atoms with Crippen molar-refractivity contribution >= 4 is 5.97 Å². The highest BCUT2D eigenvalue weighted by Crippen LogP contribution is 2.70. The Labute approximate surface area is 150 Å². The van der Waals surface area contributed by atoms with Crippen molar-refractivity contribution in [1.82, 2.24) is 0 Å². The highest BCUT2D eigenvalue weighted by molar-refractivity contribution is 5.66. The van der Waals surface area contributed by atoms with E-state index >= 15 is 0 Å². The Morgan fingerprint density at radius 2 is 1.92 bits per heavy atom. The third-order valence-corrected chi connectivity index (χ3v) is 8.14. The fourth-order valence-corrected chi connectivity index (χ4v) is 7.29. The molecule has 3 aliphatic rings. The number of aliphatic carboxylic acids is 1. The average Bonchev–Trinajstić information content (AvgIpc) is 2.71. The highest BCUT2D eigenvalue weighted by Gasteiger charge is 2.66. The molecule has 144 valence electrons. The molecule has 4 N–H and O–H groups in total. The van der Waals surface area contributed by atoms with Gasteiger partial charge >= 0.3 is 5.97 Å².